The van der Waals surface area contributed by atoms with Gasteiger partial charge in [-0.05, 0) is 49.5 Å². The van der Waals surface area contributed by atoms with Crippen LogP contribution in [0.5, 0.6) is 6.01 Å². The maximum atomic E-state index is 6.06. The van der Waals surface area contributed by atoms with Crippen LogP contribution in [0.3, 0.4) is 0 Å². The Morgan fingerprint density at radius 3 is 2.64 bits per heavy atom. The molecule has 6 rings (SSSR count). The molecule has 128 valence electrons. The summed E-state index contributed by atoms with van der Waals surface area (Å²) < 4.78 is 11.6. The molecule has 25 heavy (non-hydrogen) atoms. The first kappa shape index (κ1) is 14.8. The van der Waals surface area contributed by atoms with Crippen molar-refractivity contribution in [3.8, 4) is 17.1 Å². The molecule has 0 N–H and O–H groups in total. The van der Waals surface area contributed by atoms with Crippen molar-refractivity contribution in [2.24, 2.45) is 5.92 Å². The van der Waals surface area contributed by atoms with Gasteiger partial charge in [0.1, 0.15) is 11.6 Å². The minimum atomic E-state index is 0.225. The van der Waals surface area contributed by atoms with E-state index in [0.717, 1.165) is 28.8 Å². The number of nitrogens with zero attached hydrogens (tertiary/aromatic N) is 4. The third kappa shape index (κ3) is 2.76. The van der Waals surface area contributed by atoms with Crippen LogP contribution >= 0.6 is 0 Å². The lowest BCUT2D eigenvalue weighted by molar-refractivity contribution is -0.0123. The summed E-state index contributed by atoms with van der Waals surface area (Å²) in [5.41, 5.74) is 3.62. The summed E-state index contributed by atoms with van der Waals surface area (Å²) in [4.78, 5) is 15.7. The number of fused-ring (bicyclic) bond motifs is 4. The second-order valence-corrected chi connectivity index (χ2v) is 6.96. The number of aryl methyl sites for hydroxylation is 1. The van der Waals surface area contributed by atoms with Crippen molar-refractivity contribution in [1.29, 1.82) is 0 Å². The number of hydrogen-bond donors (Lipinski definition) is 0. The first-order chi connectivity index (χ1) is 12.2. The zero-order valence-corrected chi connectivity index (χ0v) is 14.2. The lowest BCUT2D eigenvalue weighted by Gasteiger charge is -2.43. The standard InChI is InChI=1S/C19H20N4O2/c1-12-22-16-8-14(2-3-17(16)24-12)15-9-20-19(21-10-15)25-18-11-23-6-4-13(18)5-7-23/h2-3,8-10,13,18H,4-7,11H2,1H3. The molecule has 3 aromatic rings. The van der Waals surface area contributed by atoms with E-state index in [-0.39, 0.29) is 6.10 Å². The second-order valence-electron chi connectivity index (χ2n) is 6.96. The zero-order chi connectivity index (χ0) is 16.8. The Hall–Kier alpha value is -2.47. The lowest BCUT2D eigenvalue weighted by atomic mass is 9.86. The first-order valence-electron chi connectivity index (χ1n) is 8.83. The van der Waals surface area contributed by atoms with Gasteiger partial charge in [0.25, 0.3) is 0 Å². The highest BCUT2D eigenvalue weighted by Crippen LogP contribution is 2.30. The van der Waals surface area contributed by atoms with Crippen LogP contribution < -0.4 is 4.74 Å². The second kappa shape index (κ2) is 5.81. The highest BCUT2D eigenvalue weighted by molar-refractivity contribution is 5.80. The summed E-state index contributed by atoms with van der Waals surface area (Å²) >= 11 is 0. The molecule has 1 unspecified atom stereocenters. The van der Waals surface area contributed by atoms with Crippen molar-refractivity contribution in [2.45, 2.75) is 25.9 Å². The van der Waals surface area contributed by atoms with Crippen molar-refractivity contribution in [3.63, 3.8) is 0 Å². The average molecular weight is 336 g/mol. The first-order valence-corrected chi connectivity index (χ1v) is 8.83. The highest BCUT2D eigenvalue weighted by Gasteiger charge is 2.35. The monoisotopic (exact) mass is 336 g/mol. The van der Waals surface area contributed by atoms with E-state index in [0.29, 0.717) is 17.8 Å². The Morgan fingerprint density at radius 2 is 1.92 bits per heavy atom. The van der Waals surface area contributed by atoms with Crippen LogP contribution in [0, 0.1) is 12.8 Å². The van der Waals surface area contributed by atoms with E-state index in [1.807, 2.05) is 37.5 Å². The lowest BCUT2D eigenvalue weighted by Crippen LogP contribution is -2.52. The van der Waals surface area contributed by atoms with Gasteiger partial charge < -0.3 is 9.15 Å². The summed E-state index contributed by atoms with van der Waals surface area (Å²) in [5.74, 6) is 1.32. The van der Waals surface area contributed by atoms with Gasteiger partial charge in [-0.2, -0.15) is 0 Å². The maximum Gasteiger partial charge on any atom is 0.316 e. The molecule has 3 aliphatic rings. The molecule has 3 aliphatic heterocycles. The fraction of sp³-hybridized carbons (Fsp3) is 0.421. The van der Waals surface area contributed by atoms with E-state index in [2.05, 4.69) is 19.9 Å². The molecule has 1 atom stereocenters. The van der Waals surface area contributed by atoms with Gasteiger partial charge in [-0.25, -0.2) is 15.0 Å². The molecule has 0 spiro atoms. The fourth-order valence-corrected chi connectivity index (χ4v) is 3.93. The molecule has 6 nitrogen and oxygen atoms in total. The molecule has 2 bridgehead atoms. The molecule has 5 heterocycles. The Labute approximate surface area is 145 Å². The van der Waals surface area contributed by atoms with Crippen molar-refractivity contribution in [2.75, 3.05) is 19.6 Å². The summed E-state index contributed by atoms with van der Waals surface area (Å²) in [6.07, 6.45) is 6.30. The zero-order valence-electron chi connectivity index (χ0n) is 14.2. The number of piperidine rings is 3. The summed E-state index contributed by atoms with van der Waals surface area (Å²) in [6, 6.07) is 6.40. The summed E-state index contributed by atoms with van der Waals surface area (Å²) in [7, 11) is 0. The predicted molar refractivity (Wildman–Crippen MR) is 93.4 cm³/mol. The van der Waals surface area contributed by atoms with Crippen LogP contribution in [0.2, 0.25) is 0 Å². The normalized spacial score (nSPS) is 25.4. The molecular weight excluding hydrogens is 316 g/mol. The van der Waals surface area contributed by atoms with Crippen molar-refractivity contribution >= 4 is 11.1 Å². The number of hydrogen-bond acceptors (Lipinski definition) is 6. The Balaban J connectivity index is 1.35. The molecular formula is C19H20N4O2. The van der Waals surface area contributed by atoms with E-state index in [9.17, 15) is 0 Å². The average Bonchev–Trinajstić information content (AvgIpc) is 3.02. The number of rotatable bonds is 3. The molecule has 0 amide bonds. The molecule has 0 radical (unpaired) electrons. The van der Waals surface area contributed by atoms with Gasteiger partial charge in [-0.3, -0.25) is 4.90 Å². The molecule has 0 saturated carbocycles. The SMILES string of the molecule is Cc1nc2cc(-c3cnc(OC4CN5CCC4CC5)nc3)ccc2o1. The smallest absolute Gasteiger partial charge is 0.316 e. The summed E-state index contributed by atoms with van der Waals surface area (Å²) in [6.45, 7) is 5.25. The Bertz CT molecular complexity index is 897. The number of benzene rings is 1. The largest absolute Gasteiger partial charge is 0.458 e. The number of aromatic nitrogens is 3. The van der Waals surface area contributed by atoms with Crippen LogP contribution in [-0.2, 0) is 0 Å². The van der Waals surface area contributed by atoms with E-state index in [1.54, 1.807) is 0 Å². The molecule has 2 aromatic heterocycles. The van der Waals surface area contributed by atoms with Gasteiger partial charge in [0.15, 0.2) is 11.5 Å². The predicted octanol–water partition coefficient (Wildman–Crippen LogP) is 3.07. The van der Waals surface area contributed by atoms with Crippen LogP contribution in [0.25, 0.3) is 22.2 Å². The molecule has 6 heteroatoms. The minimum Gasteiger partial charge on any atom is -0.458 e. The van der Waals surface area contributed by atoms with Gasteiger partial charge in [0, 0.05) is 31.4 Å². The number of ether oxygens (including phenoxy) is 1. The molecule has 3 fully saturated rings. The number of oxazole rings is 1. The van der Waals surface area contributed by atoms with Crippen molar-refractivity contribution < 1.29 is 9.15 Å². The van der Waals surface area contributed by atoms with Crippen LogP contribution in [0.4, 0.5) is 0 Å². The van der Waals surface area contributed by atoms with E-state index in [1.165, 1.54) is 25.9 Å². The third-order valence-electron chi connectivity index (χ3n) is 5.31. The minimum absolute atomic E-state index is 0.225. The van der Waals surface area contributed by atoms with Crippen LogP contribution in [-0.4, -0.2) is 45.6 Å². The van der Waals surface area contributed by atoms with E-state index in [4.69, 9.17) is 9.15 Å². The van der Waals surface area contributed by atoms with Gasteiger partial charge in [0.05, 0.1) is 0 Å². The third-order valence-corrected chi connectivity index (χ3v) is 5.31. The molecule has 3 saturated heterocycles. The molecule has 0 aliphatic carbocycles. The Morgan fingerprint density at radius 1 is 1.12 bits per heavy atom. The quantitative estimate of drug-likeness (QED) is 0.732. The highest BCUT2D eigenvalue weighted by atomic mass is 16.5. The van der Waals surface area contributed by atoms with Crippen LogP contribution in [0.15, 0.2) is 35.0 Å². The van der Waals surface area contributed by atoms with Gasteiger partial charge in [-0.1, -0.05) is 6.07 Å². The van der Waals surface area contributed by atoms with E-state index >= 15 is 0 Å². The van der Waals surface area contributed by atoms with Gasteiger partial charge in [0.2, 0.25) is 0 Å². The van der Waals surface area contributed by atoms with Gasteiger partial charge >= 0.3 is 6.01 Å². The topological polar surface area (TPSA) is 64.3 Å². The van der Waals surface area contributed by atoms with Crippen molar-refractivity contribution in [3.05, 3.63) is 36.5 Å². The van der Waals surface area contributed by atoms with Gasteiger partial charge in [-0.15, -0.1) is 0 Å². The summed E-state index contributed by atoms with van der Waals surface area (Å²) in [5, 5.41) is 0. The molecule has 1 aromatic carbocycles. The van der Waals surface area contributed by atoms with E-state index < -0.39 is 0 Å². The fourth-order valence-electron chi connectivity index (χ4n) is 3.93. The van der Waals surface area contributed by atoms with Crippen LogP contribution in [0.1, 0.15) is 18.7 Å². The Kier molecular flexibility index (Phi) is 3.45. The maximum absolute atomic E-state index is 6.06. The van der Waals surface area contributed by atoms with Crippen molar-refractivity contribution in [1.82, 2.24) is 19.9 Å².